The molecule has 3 N–H and O–H groups in total. The van der Waals surface area contributed by atoms with E-state index >= 15 is 0 Å². The second-order valence-electron chi connectivity index (χ2n) is 4.45. The standard InChI is InChI=1S/C11H17N3O2/c1-8-5-9(14-16-8)6-13-10(15)11(7-12)3-2-4-11/h5H,2-4,6-7,12H2,1H3,(H,13,15). The fourth-order valence-electron chi connectivity index (χ4n) is 1.99. The molecule has 1 aromatic rings. The molecule has 0 unspecified atom stereocenters. The van der Waals surface area contributed by atoms with Gasteiger partial charge in [-0.25, -0.2) is 0 Å². The fourth-order valence-corrected chi connectivity index (χ4v) is 1.99. The highest BCUT2D eigenvalue weighted by Crippen LogP contribution is 2.39. The van der Waals surface area contributed by atoms with Crippen molar-refractivity contribution < 1.29 is 9.32 Å². The van der Waals surface area contributed by atoms with Gasteiger partial charge in [-0.3, -0.25) is 4.79 Å². The number of nitrogens with one attached hydrogen (secondary N) is 1. The highest BCUT2D eigenvalue weighted by molar-refractivity contribution is 5.83. The molecule has 0 spiro atoms. The fraction of sp³-hybridized carbons (Fsp3) is 0.636. The lowest BCUT2D eigenvalue weighted by Crippen LogP contribution is -2.50. The van der Waals surface area contributed by atoms with Crippen LogP contribution >= 0.6 is 0 Å². The highest BCUT2D eigenvalue weighted by Gasteiger charge is 2.42. The van der Waals surface area contributed by atoms with Gasteiger partial charge in [-0.05, 0) is 19.8 Å². The van der Waals surface area contributed by atoms with Gasteiger partial charge in [0.15, 0.2) is 0 Å². The summed E-state index contributed by atoms with van der Waals surface area (Å²) in [6.45, 7) is 2.67. The number of nitrogens with two attached hydrogens (primary N) is 1. The molecule has 1 heterocycles. The van der Waals surface area contributed by atoms with Gasteiger partial charge in [-0.2, -0.15) is 0 Å². The van der Waals surface area contributed by atoms with Crippen LogP contribution in [0.25, 0.3) is 0 Å². The van der Waals surface area contributed by atoms with E-state index in [2.05, 4.69) is 10.5 Å². The van der Waals surface area contributed by atoms with Crippen molar-refractivity contribution in [2.75, 3.05) is 6.54 Å². The number of hydrogen-bond acceptors (Lipinski definition) is 4. The molecule has 1 amide bonds. The van der Waals surface area contributed by atoms with Gasteiger partial charge in [-0.1, -0.05) is 11.6 Å². The molecule has 88 valence electrons. The molecule has 0 bridgehead atoms. The molecule has 1 fully saturated rings. The third-order valence-corrected chi connectivity index (χ3v) is 3.29. The van der Waals surface area contributed by atoms with E-state index in [0.717, 1.165) is 30.7 Å². The summed E-state index contributed by atoms with van der Waals surface area (Å²) in [5.41, 5.74) is 6.07. The second kappa shape index (κ2) is 4.25. The molecule has 0 radical (unpaired) electrons. The van der Waals surface area contributed by atoms with Gasteiger partial charge < -0.3 is 15.6 Å². The minimum atomic E-state index is -0.321. The molecule has 16 heavy (non-hydrogen) atoms. The van der Waals surface area contributed by atoms with E-state index in [-0.39, 0.29) is 11.3 Å². The summed E-state index contributed by atoms with van der Waals surface area (Å²) in [5, 5.41) is 6.68. The first-order valence-electron chi connectivity index (χ1n) is 5.57. The van der Waals surface area contributed by atoms with Crippen LogP contribution in [0.5, 0.6) is 0 Å². The molecular formula is C11H17N3O2. The van der Waals surface area contributed by atoms with Gasteiger partial charge in [-0.15, -0.1) is 0 Å². The Balaban J connectivity index is 1.88. The Bertz CT molecular complexity index is 377. The van der Waals surface area contributed by atoms with Crippen LogP contribution in [0.4, 0.5) is 0 Å². The van der Waals surface area contributed by atoms with E-state index in [0.29, 0.717) is 13.1 Å². The van der Waals surface area contributed by atoms with E-state index in [4.69, 9.17) is 10.3 Å². The van der Waals surface area contributed by atoms with E-state index in [9.17, 15) is 4.79 Å². The first-order valence-corrected chi connectivity index (χ1v) is 5.57. The number of aromatic nitrogens is 1. The van der Waals surface area contributed by atoms with Crippen LogP contribution in [-0.4, -0.2) is 17.6 Å². The van der Waals surface area contributed by atoms with E-state index in [1.54, 1.807) is 0 Å². The van der Waals surface area contributed by atoms with Crippen LogP contribution < -0.4 is 11.1 Å². The average molecular weight is 223 g/mol. The summed E-state index contributed by atoms with van der Waals surface area (Å²) < 4.78 is 4.92. The van der Waals surface area contributed by atoms with Crippen molar-refractivity contribution in [3.63, 3.8) is 0 Å². The molecule has 1 aliphatic carbocycles. The summed E-state index contributed by atoms with van der Waals surface area (Å²) in [7, 11) is 0. The second-order valence-corrected chi connectivity index (χ2v) is 4.45. The molecule has 0 saturated heterocycles. The molecule has 0 aliphatic heterocycles. The third-order valence-electron chi connectivity index (χ3n) is 3.29. The lowest BCUT2D eigenvalue weighted by atomic mass is 9.68. The van der Waals surface area contributed by atoms with Crippen LogP contribution in [0, 0.1) is 12.3 Å². The Hall–Kier alpha value is -1.36. The molecule has 0 atom stereocenters. The Morgan fingerprint density at radius 3 is 2.88 bits per heavy atom. The Morgan fingerprint density at radius 1 is 1.69 bits per heavy atom. The van der Waals surface area contributed by atoms with E-state index in [1.165, 1.54) is 0 Å². The maximum Gasteiger partial charge on any atom is 0.227 e. The summed E-state index contributed by atoms with van der Waals surface area (Å²) >= 11 is 0. The number of amides is 1. The number of rotatable bonds is 4. The molecule has 5 nitrogen and oxygen atoms in total. The normalized spacial score (nSPS) is 17.9. The van der Waals surface area contributed by atoms with E-state index < -0.39 is 0 Å². The van der Waals surface area contributed by atoms with Crippen molar-refractivity contribution in [1.29, 1.82) is 0 Å². The van der Waals surface area contributed by atoms with Gasteiger partial charge in [0.05, 0.1) is 12.0 Å². The topological polar surface area (TPSA) is 81.2 Å². The maximum absolute atomic E-state index is 11.9. The number of nitrogens with zero attached hydrogens (tertiary/aromatic N) is 1. The van der Waals surface area contributed by atoms with Crippen molar-refractivity contribution in [2.24, 2.45) is 11.1 Å². The molecule has 1 saturated carbocycles. The van der Waals surface area contributed by atoms with Gasteiger partial charge in [0.25, 0.3) is 0 Å². The van der Waals surface area contributed by atoms with E-state index in [1.807, 2.05) is 13.0 Å². The molecule has 0 aromatic carbocycles. The van der Waals surface area contributed by atoms with Crippen molar-refractivity contribution in [3.05, 3.63) is 17.5 Å². The first-order chi connectivity index (χ1) is 7.66. The zero-order chi connectivity index (χ0) is 11.6. The van der Waals surface area contributed by atoms with Gasteiger partial charge in [0.2, 0.25) is 5.91 Å². The van der Waals surface area contributed by atoms with Crippen molar-refractivity contribution in [2.45, 2.75) is 32.7 Å². The number of carbonyl (C=O) groups is 1. The molecule has 1 aromatic heterocycles. The number of carbonyl (C=O) groups excluding carboxylic acids is 1. The van der Waals surface area contributed by atoms with Crippen LogP contribution in [0.3, 0.4) is 0 Å². The quantitative estimate of drug-likeness (QED) is 0.788. The average Bonchev–Trinajstić information content (AvgIpc) is 2.60. The lowest BCUT2D eigenvalue weighted by Gasteiger charge is -2.38. The Morgan fingerprint density at radius 2 is 2.44 bits per heavy atom. The maximum atomic E-state index is 11.9. The zero-order valence-corrected chi connectivity index (χ0v) is 9.45. The predicted octanol–water partition coefficient (Wildman–Crippen LogP) is 0.728. The first kappa shape index (κ1) is 11.1. The molecule has 5 heteroatoms. The zero-order valence-electron chi connectivity index (χ0n) is 9.45. The van der Waals surface area contributed by atoms with Crippen molar-refractivity contribution >= 4 is 5.91 Å². The summed E-state index contributed by atoms with van der Waals surface area (Å²) in [6, 6.07) is 1.82. The smallest absolute Gasteiger partial charge is 0.227 e. The Labute approximate surface area is 94.4 Å². The predicted molar refractivity (Wildman–Crippen MR) is 58.4 cm³/mol. The van der Waals surface area contributed by atoms with Crippen LogP contribution in [0.2, 0.25) is 0 Å². The molecule has 2 rings (SSSR count). The van der Waals surface area contributed by atoms with Gasteiger partial charge >= 0.3 is 0 Å². The monoisotopic (exact) mass is 223 g/mol. The number of aryl methyl sites for hydroxylation is 1. The van der Waals surface area contributed by atoms with Crippen LogP contribution in [0.1, 0.15) is 30.7 Å². The minimum Gasteiger partial charge on any atom is -0.361 e. The SMILES string of the molecule is Cc1cc(CNC(=O)C2(CN)CCC2)no1. The summed E-state index contributed by atoms with van der Waals surface area (Å²) in [5.74, 6) is 0.795. The highest BCUT2D eigenvalue weighted by atomic mass is 16.5. The van der Waals surface area contributed by atoms with Gasteiger partial charge in [0, 0.05) is 12.6 Å². The Kier molecular flexibility index (Phi) is 2.96. The van der Waals surface area contributed by atoms with Gasteiger partial charge in [0.1, 0.15) is 11.5 Å². The lowest BCUT2D eigenvalue weighted by molar-refractivity contribution is -0.135. The third kappa shape index (κ3) is 1.95. The summed E-state index contributed by atoms with van der Waals surface area (Å²) in [4.78, 5) is 11.9. The van der Waals surface area contributed by atoms with Crippen molar-refractivity contribution in [3.8, 4) is 0 Å². The largest absolute Gasteiger partial charge is 0.361 e. The number of hydrogen-bond donors (Lipinski definition) is 2. The van der Waals surface area contributed by atoms with Crippen LogP contribution in [0.15, 0.2) is 10.6 Å². The molecule has 1 aliphatic rings. The minimum absolute atomic E-state index is 0.0434. The van der Waals surface area contributed by atoms with Crippen LogP contribution in [-0.2, 0) is 11.3 Å². The summed E-state index contributed by atoms with van der Waals surface area (Å²) in [6.07, 6.45) is 2.88. The van der Waals surface area contributed by atoms with Crippen molar-refractivity contribution in [1.82, 2.24) is 10.5 Å². The molecular weight excluding hydrogens is 206 g/mol.